The average Bonchev–Trinajstić information content (AvgIpc) is 2.41. The summed E-state index contributed by atoms with van der Waals surface area (Å²) in [4.78, 5) is 12.4. The molecular weight excluding hydrogens is 285 g/mol. The number of carbonyl (C=O) groups is 1. The van der Waals surface area contributed by atoms with Crippen molar-refractivity contribution in [3.05, 3.63) is 22.1 Å². The monoisotopic (exact) mass is 291 g/mol. The number of halogens is 1. The number of carbonyl (C=O) groups excluding carboxylic acids is 1. The molecule has 0 heterocycles. The van der Waals surface area contributed by atoms with Crippen LogP contribution in [0.4, 0.5) is 0 Å². The standard InChI is InChI=1S/C12H5B7ClNO/c13-3-1-4(22)11(21,2-12(3,18)19)5-6(14)7(15)8(16)9(17)10(5)20/h1H,2,21H2. The predicted octanol–water partition coefficient (Wildman–Crippen LogP) is -3.85. The molecule has 0 amide bonds. The van der Waals surface area contributed by atoms with Gasteiger partial charge in [-0.1, -0.05) is 27.7 Å². The van der Waals surface area contributed by atoms with E-state index in [-0.39, 0.29) is 44.3 Å². The van der Waals surface area contributed by atoms with E-state index in [1.54, 1.807) is 0 Å². The molecular formula is C12H5B7ClNO. The van der Waals surface area contributed by atoms with Crippen molar-refractivity contribution in [1.82, 2.24) is 0 Å². The van der Waals surface area contributed by atoms with Gasteiger partial charge in [0.25, 0.3) is 0 Å². The summed E-state index contributed by atoms with van der Waals surface area (Å²) in [5.74, 6) is -0.561. The molecule has 0 saturated carbocycles. The third-order valence-corrected chi connectivity index (χ3v) is 4.27. The Balaban J connectivity index is 2.79. The Labute approximate surface area is 144 Å². The van der Waals surface area contributed by atoms with Crippen molar-refractivity contribution in [2.24, 2.45) is 5.73 Å². The fourth-order valence-corrected chi connectivity index (χ4v) is 2.87. The molecule has 10 heteroatoms. The van der Waals surface area contributed by atoms with Crippen LogP contribution >= 0.6 is 11.6 Å². The zero-order valence-electron chi connectivity index (χ0n) is 11.7. The number of ketones is 1. The lowest BCUT2D eigenvalue weighted by Crippen LogP contribution is -2.58. The number of benzene rings is 1. The van der Waals surface area contributed by atoms with Gasteiger partial charge in [0.2, 0.25) is 0 Å². The zero-order chi connectivity index (χ0) is 17.0. The maximum atomic E-state index is 12.4. The molecule has 0 bridgehead atoms. The van der Waals surface area contributed by atoms with Crippen LogP contribution in [0, 0.1) is 0 Å². The number of hydrogen-bond acceptors (Lipinski definition) is 2. The van der Waals surface area contributed by atoms with Crippen LogP contribution in [-0.4, -0.2) is 60.7 Å². The second-order valence-electron chi connectivity index (χ2n) is 5.50. The zero-order valence-corrected chi connectivity index (χ0v) is 12.4. The van der Waals surface area contributed by atoms with E-state index >= 15 is 0 Å². The van der Waals surface area contributed by atoms with Crippen LogP contribution in [-0.2, 0) is 10.3 Å². The van der Waals surface area contributed by atoms with Crippen molar-refractivity contribution in [2.75, 3.05) is 0 Å². The number of allylic oxidation sites excluding steroid dienone is 1. The first-order valence-corrected chi connectivity index (χ1v) is 6.61. The fraction of sp³-hybridized carbons (Fsp3) is 0.250. The third kappa shape index (κ3) is 2.47. The Morgan fingerprint density at radius 1 is 1.00 bits per heavy atom. The minimum absolute atomic E-state index is 0.00431. The summed E-state index contributed by atoms with van der Waals surface area (Å²) in [6.45, 7) is 0. The van der Waals surface area contributed by atoms with Crippen molar-refractivity contribution >= 4 is 94.2 Å². The van der Waals surface area contributed by atoms with Crippen molar-refractivity contribution in [1.29, 1.82) is 0 Å². The van der Waals surface area contributed by atoms with Crippen molar-refractivity contribution < 1.29 is 4.79 Å². The van der Waals surface area contributed by atoms with Gasteiger partial charge < -0.3 is 5.73 Å². The van der Waals surface area contributed by atoms with Gasteiger partial charge in [0.05, 0.1) is 15.7 Å². The minimum atomic E-state index is -1.72. The topological polar surface area (TPSA) is 43.1 Å². The largest absolute Gasteiger partial charge is 0.315 e. The molecule has 92 valence electrons. The highest BCUT2D eigenvalue weighted by atomic mass is 35.5. The Kier molecular flexibility index (Phi) is 4.38. The van der Waals surface area contributed by atoms with Gasteiger partial charge in [0, 0.05) is 5.02 Å². The van der Waals surface area contributed by atoms with E-state index in [1.165, 1.54) is 0 Å². The Bertz CT molecular complexity index is 689. The normalized spacial score (nSPS) is 24.1. The van der Waals surface area contributed by atoms with E-state index in [1.807, 2.05) is 0 Å². The van der Waals surface area contributed by atoms with Gasteiger partial charge in [-0.05, 0) is 18.1 Å². The fourth-order valence-electron chi connectivity index (χ4n) is 2.50. The van der Waals surface area contributed by atoms with Gasteiger partial charge in [-0.2, -0.15) is 0 Å². The highest BCUT2D eigenvalue weighted by Gasteiger charge is 2.45. The summed E-state index contributed by atoms with van der Waals surface area (Å²) in [7, 11) is 40.7. The third-order valence-electron chi connectivity index (χ3n) is 3.88. The first-order chi connectivity index (χ1) is 9.93. The van der Waals surface area contributed by atoms with Crippen molar-refractivity contribution in [2.45, 2.75) is 17.2 Å². The Morgan fingerprint density at radius 3 is 2.05 bits per heavy atom. The molecule has 14 radical (unpaired) electrons. The first kappa shape index (κ1) is 17.7. The molecule has 1 atom stereocenters. The highest BCUT2D eigenvalue weighted by Crippen LogP contribution is 2.43. The lowest BCUT2D eigenvalue weighted by atomic mass is 9.40. The summed E-state index contributed by atoms with van der Waals surface area (Å²) in [6.07, 6.45) is 0.829. The van der Waals surface area contributed by atoms with Crippen LogP contribution in [0.3, 0.4) is 0 Å². The van der Waals surface area contributed by atoms with E-state index in [2.05, 4.69) is 0 Å². The highest BCUT2D eigenvalue weighted by molar-refractivity contribution is 6.65. The van der Waals surface area contributed by atoms with Crippen LogP contribution in [0.2, 0.25) is 10.2 Å². The second-order valence-corrected chi connectivity index (χ2v) is 5.87. The summed E-state index contributed by atoms with van der Waals surface area (Å²) >= 11 is 6.19. The molecule has 0 saturated heterocycles. The number of rotatable bonds is 1. The van der Waals surface area contributed by atoms with Gasteiger partial charge in [-0.3, -0.25) is 4.79 Å². The Hall–Kier alpha value is -0.665. The van der Waals surface area contributed by atoms with Crippen molar-refractivity contribution in [3.8, 4) is 0 Å². The molecule has 2 rings (SSSR count). The first-order valence-electron chi connectivity index (χ1n) is 6.24. The van der Waals surface area contributed by atoms with Crippen LogP contribution in [0.5, 0.6) is 0 Å². The van der Waals surface area contributed by atoms with E-state index in [4.69, 9.17) is 72.3 Å². The summed E-state index contributed by atoms with van der Waals surface area (Å²) in [5.41, 5.74) is 4.47. The lowest BCUT2D eigenvalue weighted by Gasteiger charge is -2.44. The molecule has 0 fully saturated rings. The predicted molar refractivity (Wildman–Crippen MR) is 96.5 cm³/mol. The molecule has 0 aromatic heterocycles. The van der Waals surface area contributed by atoms with Gasteiger partial charge in [-0.15, -0.1) is 16.4 Å². The maximum absolute atomic E-state index is 12.4. The quantitative estimate of drug-likeness (QED) is 0.538. The molecule has 2 N–H and O–H groups in total. The molecule has 1 aliphatic rings. The van der Waals surface area contributed by atoms with Crippen LogP contribution in [0.25, 0.3) is 0 Å². The molecule has 0 spiro atoms. The average molecular weight is 290 g/mol. The number of hydrogen-bond donors (Lipinski definition) is 1. The van der Waals surface area contributed by atoms with E-state index in [0.717, 1.165) is 6.08 Å². The molecule has 0 aliphatic heterocycles. The minimum Gasteiger partial charge on any atom is -0.315 e. The molecule has 1 aromatic carbocycles. The van der Waals surface area contributed by atoms with Crippen molar-refractivity contribution in [3.63, 3.8) is 0 Å². The SMILES string of the molecule is [B]C1=CC(=O)C(N)(c2c([B])c([B])c([B])c([B])c2Cl)CC1([B])[B]. The summed E-state index contributed by atoms with van der Waals surface area (Å²) < 4.78 is 0. The Morgan fingerprint density at radius 2 is 1.50 bits per heavy atom. The smallest absolute Gasteiger partial charge is 0.179 e. The lowest BCUT2D eigenvalue weighted by molar-refractivity contribution is -0.120. The van der Waals surface area contributed by atoms with Crippen LogP contribution in [0.15, 0.2) is 11.5 Å². The van der Waals surface area contributed by atoms with Gasteiger partial charge >= 0.3 is 0 Å². The molecule has 1 aromatic rings. The summed E-state index contributed by atoms with van der Waals surface area (Å²) in [6, 6.07) is 0. The van der Waals surface area contributed by atoms with E-state index < -0.39 is 16.5 Å². The second kappa shape index (κ2) is 5.45. The molecule has 1 unspecified atom stereocenters. The van der Waals surface area contributed by atoms with Gasteiger partial charge in [-0.25, -0.2) is 0 Å². The molecule has 22 heavy (non-hydrogen) atoms. The van der Waals surface area contributed by atoms with E-state index in [9.17, 15) is 4.79 Å². The van der Waals surface area contributed by atoms with Gasteiger partial charge in [0.15, 0.2) is 5.78 Å². The van der Waals surface area contributed by atoms with Gasteiger partial charge in [0.1, 0.15) is 44.8 Å². The molecule has 2 nitrogen and oxygen atoms in total. The van der Waals surface area contributed by atoms with E-state index in [0.29, 0.717) is 0 Å². The van der Waals surface area contributed by atoms with Crippen LogP contribution in [0.1, 0.15) is 12.0 Å². The maximum Gasteiger partial charge on any atom is 0.179 e. The number of nitrogens with two attached hydrogens (primary N) is 1. The summed E-state index contributed by atoms with van der Waals surface area (Å²) in [5, 5.41) is -1.58. The molecule has 1 aliphatic carbocycles. The van der Waals surface area contributed by atoms with Crippen LogP contribution < -0.4 is 27.6 Å².